The summed E-state index contributed by atoms with van der Waals surface area (Å²) in [4.78, 5) is 15.2. The summed E-state index contributed by atoms with van der Waals surface area (Å²) in [5.41, 5.74) is 0.170. The Morgan fingerprint density at radius 3 is 2.93 bits per heavy atom. The molecule has 0 saturated heterocycles. The van der Waals surface area contributed by atoms with Gasteiger partial charge in [0.15, 0.2) is 11.5 Å². The van der Waals surface area contributed by atoms with Crippen molar-refractivity contribution < 1.29 is 18.4 Å². The van der Waals surface area contributed by atoms with Crippen molar-refractivity contribution in [3.05, 3.63) is 29.9 Å². The second-order valence-corrected chi connectivity index (χ2v) is 2.89. The highest BCUT2D eigenvalue weighted by atomic mass is 16.5. The van der Waals surface area contributed by atoms with Crippen molar-refractivity contribution in [1.82, 2.24) is 4.98 Å². The molecule has 2 aromatic rings. The van der Waals surface area contributed by atoms with Crippen LogP contribution in [0.4, 0.5) is 0 Å². The van der Waals surface area contributed by atoms with E-state index in [4.69, 9.17) is 8.83 Å². The molecule has 0 amide bonds. The zero-order chi connectivity index (χ0) is 10.8. The molecular formula is C10H9NO4. The number of aryl methyl sites for hydroxylation is 1. The van der Waals surface area contributed by atoms with Gasteiger partial charge in [-0.2, -0.15) is 4.98 Å². The number of hydrogen-bond acceptors (Lipinski definition) is 5. The lowest BCUT2D eigenvalue weighted by Gasteiger charge is -1.91. The molecule has 0 saturated carbocycles. The van der Waals surface area contributed by atoms with Crippen LogP contribution in [0.15, 0.2) is 27.2 Å². The molecule has 5 nitrogen and oxygen atoms in total. The number of hydrogen-bond donors (Lipinski definition) is 0. The second-order valence-electron chi connectivity index (χ2n) is 2.89. The van der Waals surface area contributed by atoms with Crippen molar-refractivity contribution >= 4 is 5.97 Å². The molecule has 78 valence electrons. The van der Waals surface area contributed by atoms with Crippen LogP contribution in [-0.2, 0) is 4.74 Å². The molecule has 0 spiro atoms. The first-order valence-corrected chi connectivity index (χ1v) is 4.32. The van der Waals surface area contributed by atoms with Gasteiger partial charge >= 0.3 is 5.97 Å². The number of carbonyl (C=O) groups is 1. The summed E-state index contributed by atoms with van der Waals surface area (Å²) in [6, 6.07) is 3.42. The normalized spacial score (nSPS) is 10.3. The van der Waals surface area contributed by atoms with Gasteiger partial charge < -0.3 is 13.6 Å². The number of carbonyl (C=O) groups excluding carboxylic acids is 1. The van der Waals surface area contributed by atoms with E-state index in [2.05, 4.69) is 9.72 Å². The lowest BCUT2D eigenvalue weighted by Crippen LogP contribution is -2.03. The molecule has 2 rings (SSSR count). The van der Waals surface area contributed by atoms with Crippen molar-refractivity contribution in [2.75, 3.05) is 7.11 Å². The highest BCUT2D eigenvalue weighted by Crippen LogP contribution is 2.22. The number of ether oxygens (including phenoxy) is 1. The number of aromatic nitrogens is 1. The predicted octanol–water partition coefficient (Wildman–Crippen LogP) is 2.03. The lowest BCUT2D eigenvalue weighted by atomic mass is 10.4. The van der Waals surface area contributed by atoms with E-state index in [9.17, 15) is 4.79 Å². The van der Waals surface area contributed by atoms with Crippen LogP contribution in [-0.4, -0.2) is 18.1 Å². The third-order valence-electron chi connectivity index (χ3n) is 1.91. The van der Waals surface area contributed by atoms with Gasteiger partial charge in [-0.3, -0.25) is 0 Å². The number of rotatable bonds is 2. The SMILES string of the molecule is COC(=O)c1nc(-c2ccco2)oc1C. The van der Waals surface area contributed by atoms with Crippen molar-refractivity contribution in [2.45, 2.75) is 6.92 Å². The van der Waals surface area contributed by atoms with Crippen LogP contribution in [0.2, 0.25) is 0 Å². The summed E-state index contributed by atoms with van der Waals surface area (Å²) >= 11 is 0. The first-order chi connectivity index (χ1) is 7.22. The van der Waals surface area contributed by atoms with E-state index in [1.165, 1.54) is 13.4 Å². The highest BCUT2D eigenvalue weighted by Gasteiger charge is 2.19. The molecule has 0 unspecified atom stereocenters. The van der Waals surface area contributed by atoms with Crippen molar-refractivity contribution in [2.24, 2.45) is 0 Å². The topological polar surface area (TPSA) is 65.5 Å². The molecule has 0 radical (unpaired) electrons. The van der Waals surface area contributed by atoms with Crippen LogP contribution < -0.4 is 0 Å². The van der Waals surface area contributed by atoms with Gasteiger partial charge in [-0.15, -0.1) is 0 Å². The van der Waals surface area contributed by atoms with E-state index in [0.29, 0.717) is 11.5 Å². The molecule has 5 heteroatoms. The highest BCUT2D eigenvalue weighted by molar-refractivity contribution is 5.88. The van der Waals surface area contributed by atoms with E-state index < -0.39 is 5.97 Å². The Labute approximate surface area is 85.7 Å². The molecule has 2 aromatic heterocycles. The van der Waals surface area contributed by atoms with Crippen LogP contribution >= 0.6 is 0 Å². The van der Waals surface area contributed by atoms with Crippen LogP contribution in [0.3, 0.4) is 0 Å². The van der Waals surface area contributed by atoms with E-state index in [-0.39, 0.29) is 11.6 Å². The fourth-order valence-corrected chi connectivity index (χ4v) is 1.19. The maximum absolute atomic E-state index is 11.2. The van der Waals surface area contributed by atoms with Gasteiger partial charge in [0.2, 0.25) is 0 Å². The Hall–Kier alpha value is -2.04. The molecule has 0 aromatic carbocycles. The minimum Gasteiger partial charge on any atom is -0.464 e. The molecule has 0 N–H and O–H groups in total. The van der Waals surface area contributed by atoms with Crippen molar-refractivity contribution in [3.63, 3.8) is 0 Å². The van der Waals surface area contributed by atoms with Gasteiger partial charge in [0.25, 0.3) is 5.89 Å². The monoisotopic (exact) mass is 207 g/mol. The molecule has 0 bridgehead atoms. The van der Waals surface area contributed by atoms with E-state index in [1.807, 2.05) is 0 Å². The number of esters is 1. The summed E-state index contributed by atoms with van der Waals surface area (Å²) in [5.74, 6) is 0.647. The first kappa shape index (κ1) is 9.51. The maximum Gasteiger partial charge on any atom is 0.360 e. The Balaban J connectivity index is 2.41. The van der Waals surface area contributed by atoms with Crippen LogP contribution in [0.1, 0.15) is 16.2 Å². The third kappa shape index (κ3) is 1.63. The largest absolute Gasteiger partial charge is 0.464 e. The zero-order valence-electron chi connectivity index (χ0n) is 8.31. The Kier molecular flexibility index (Phi) is 2.29. The van der Waals surface area contributed by atoms with Crippen LogP contribution in [0, 0.1) is 6.92 Å². The lowest BCUT2D eigenvalue weighted by molar-refractivity contribution is 0.0593. The summed E-state index contributed by atoms with van der Waals surface area (Å²) in [6.07, 6.45) is 1.51. The molecule has 2 heterocycles. The number of nitrogens with zero attached hydrogens (tertiary/aromatic N) is 1. The van der Waals surface area contributed by atoms with Gasteiger partial charge in [-0.25, -0.2) is 4.79 Å². The molecule has 15 heavy (non-hydrogen) atoms. The van der Waals surface area contributed by atoms with Gasteiger partial charge in [0.05, 0.1) is 13.4 Å². The van der Waals surface area contributed by atoms with Gasteiger partial charge in [-0.1, -0.05) is 0 Å². The second kappa shape index (κ2) is 3.61. The van der Waals surface area contributed by atoms with Gasteiger partial charge in [0, 0.05) is 0 Å². The first-order valence-electron chi connectivity index (χ1n) is 4.32. The minimum absolute atomic E-state index is 0.170. The quantitative estimate of drug-likeness (QED) is 0.705. The summed E-state index contributed by atoms with van der Waals surface area (Å²) in [7, 11) is 1.29. The molecule has 0 aliphatic rings. The number of oxazole rings is 1. The molecule has 0 aliphatic carbocycles. The Morgan fingerprint density at radius 2 is 2.33 bits per heavy atom. The van der Waals surface area contributed by atoms with Crippen molar-refractivity contribution in [3.8, 4) is 11.7 Å². The average Bonchev–Trinajstić information content (AvgIpc) is 2.84. The van der Waals surface area contributed by atoms with E-state index in [0.717, 1.165) is 0 Å². The fourth-order valence-electron chi connectivity index (χ4n) is 1.19. The number of methoxy groups -OCH3 is 1. The molecular weight excluding hydrogens is 198 g/mol. The number of furan rings is 1. The Morgan fingerprint density at radius 1 is 1.53 bits per heavy atom. The molecule has 0 aliphatic heterocycles. The molecule has 0 fully saturated rings. The fraction of sp³-hybridized carbons (Fsp3) is 0.200. The smallest absolute Gasteiger partial charge is 0.360 e. The standard InChI is InChI=1S/C10H9NO4/c1-6-8(10(12)13-2)11-9(15-6)7-4-3-5-14-7/h3-5H,1-2H3. The van der Waals surface area contributed by atoms with Gasteiger partial charge in [-0.05, 0) is 19.1 Å². The predicted molar refractivity (Wildman–Crippen MR) is 50.3 cm³/mol. The Bertz CT molecular complexity index is 470. The van der Waals surface area contributed by atoms with E-state index in [1.54, 1.807) is 19.1 Å². The minimum atomic E-state index is -0.519. The average molecular weight is 207 g/mol. The van der Waals surface area contributed by atoms with Crippen LogP contribution in [0.25, 0.3) is 11.7 Å². The van der Waals surface area contributed by atoms with E-state index >= 15 is 0 Å². The van der Waals surface area contributed by atoms with Crippen LogP contribution in [0.5, 0.6) is 0 Å². The zero-order valence-corrected chi connectivity index (χ0v) is 8.31. The molecule has 0 atom stereocenters. The van der Waals surface area contributed by atoms with Gasteiger partial charge in [0.1, 0.15) is 5.76 Å². The van der Waals surface area contributed by atoms with Crippen molar-refractivity contribution in [1.29, 1.82) is 0 Å². The maximum atomic E-state index is 11.2. The third-order valence-corrected chi connectivity index (χ3v) is 1.91. The summed E-state index contributed by atoms with van der Waals surface area (Å²) in [6.45, 7) is 1.64. The summed E-state index contributed by atoms with van der Waals surface area (Å²) < 4.78 is 14.9. The summed E-state index contributed by atoms with van der Waals surface area (Å²) in [5, 5.41) is 0.